The highest BCUT2D eigenvalue weighted by Crippen LogP contribution is 2.34. The van der Waals surface area contributed by atoms with Crippen molar-refractivity contribution in [1.82, 2.24) is 20.9 Å². The number of hydrogen-bond donors (Lipinski definition) is 4. The van der Waals surface area contributed by atoms with Crippen LogP contribution in [-0.4, -0.2) is 41.3 Å². The number of nitrogens with zero attached hydrogens (tertiary/aromatic N) is 1. The fourth-order valence-electron chi connectivity index (χ4n) is 4.18. The first-order chi connectivity index (χ1) is 15.9. The first kappa shape index (κ1) is 23.4. The summed E-state index contributed by atoms with van der Waals surface area (Å²) < 4.78 is 0. The Bertz CT molecular complexity index is 1120. The van der Waals surface area contributed by atoms with Crippen LogP contribution in [0.15, 0.2) is 18.2 Å². The number of aromatic nitrogens is 1. The summed E-state index contributed by atoms with van der Waals surface area (Å²) in [7, 11) is 0. The summed E-state index contributed by atoms with van der Waals surface area (Å²) in [5.74, 6) is -0.893. The van der Waals surface area contributed by atoms with Crippen LogP contribution in [0, 0.1) is 23.2 Å². The van der Waals surface area contributed by atoms with Crippen molar-refractivity contribution in [3.63, 3.8) is 0 Å². The minimum Gasteiger partial charge on any atom is -0.356 e. The zero-order valence-corrected chi connectivity index (χ0v) is 19.4. The number of rotatable bonds is 8. The van der Waals surface area contributed by atoms with Crippen LogP contribution in [0.1, 0.15) is 49.0 Å². The number of H-pyrrole nitrogens is 1. The number of piperidine rings is 1. The van der Waals surface area contributed by atoms with Gasteiger partial charge in [0.25, 0.3) is 5.91 Å². The number of benzene rings is 1. The molecular weight excluding hydrogens is 465 g/mol. The molecule has 3 atom stereocenters. The van der Waals surface area contributed by atoms with Crippen molar-refractivity contribution in [2.75, 3.05) is 6.54 Å². The molecule has 2 fully saturated rings. The molecule has 33 heavy (non-hydrogen) atoms. The molecule has 1 saturated carbocycles. The lowest BCUT2D eigenvalue weighted by Gasteiger charge is -2.25. The molecular formula is C23H25Cl2N5O3. The van der Waals surface area contributed by atoms with Gasteiger partial charge in [-0.3, -0.25) is 14.4 Å². The molecule has 1 saturated heterocycles. The van der Waals surface area contributed by atoms with E-state index in [1.165, 1.54) is 0 Å². The van der Waals surface area contributed by atoms with E-state index >= 15 is 0 Å². The van der Waals surface area contributed by atoms with Gasteiger partial charge in [0.05, 0.1) is 21.6 Å². The van der Waals surface area contributed by atoms with Crippen LogP contribution in [-0.2, 0) is 9.59 Å². The van der Waals surface area contributed by atoms with Gasteiger partial charge in [0, 0.05) is 17.8 Å². The van der Waals surface area contributed by atoms with Gasteiger partial charge >= 0.3 is 0 Å². The molecule has 2 aliphatic rings. The van der Waals surface area contributed by atoms with Gasteiger partial charge in [-0.25, -0.2) is 0 Å². The van der Waals surface area contributed by atoms with Crippen LogP contribution < -0.4 is 16.0 Å². The molecule has 2 heterocycles. The second-order valence-electron chi connectivity index (χ2n) is 8.77. The normalized spacial score (nSPS) is 19.9. The van der Waals surface area contributed by atoms with Crippen molar-refractivity contribution in [1.29, 1.82) is 5.26 Å². The molecule has 174 valence electrons. The molecule has 1 aromatic heterocycles. The topological polar surface area (TPSA) is 127 Å². The fourth-order valence-corrected chi connectivity index (χ4v) is 4.55. The highest BCUT2D eigenvalue weighted by Gasteiger charge is 2.33. The van der Waals surface area contributed by atoms with Gasteiger partial charge in [0.1, 0.15) is 17.8 Å². The van der Waals surface area contributed by atoms with Crippen molar-refractivity contribution in [2.45, 2.75) is 50.6 Å². The Kier molecular flexibility index (Phi) is 7.11. The third-order valence-electron chi connectivity index (χ3n) is 6.21. The van der Waals surface area contributed by atoms with Gasteiger partial charge in [-0.2, -0.15) is 5.26 Å². The Morgan fingerprint density at radius 1 is 1.18 bits per heavy atom. The highest BCUT2D eigenvalue weighted by atomic mass is 35.5. The lowest BCUT2D eigenvalue weighted by atomic mass is 9.92. The number of nitriles is 1. The van der Waals surface area contributed by atoms with E-state index in [-0.39, 0.29) is 23.9 Å². The van der Waals surface area contributed by atoms with E-state index in [1.54, 1.807) is 18.2 Å². The molecule has 8 nitrogen and oxygen atoms in total. The second-order valence-corrected chi connectivity index (χ2v) is 9.56. The van der Waals surface area contributed by atoms with Crippen molar-refractivity contribution in [2.24, 2.45) is 11.8 Å². The summed E-state index contributed by atoms with van der Waals surface area (Å²) >= 11 is 12.3. The van der Waals surface area contributed by atoms with E-state index in [0.29, 0.717) is 40.9 Å². The minimum absolute atomic E-state index is 0.0869. The highest BCUT2D eigenvalue weighted by molar-refractivity contribution is 6.45. The number of fused-ring (bicyclic) bond motifs is 1. The van der Waals surface area contributed by atoms with Gasteiger partial charge in [-0.05, 0) is 43.7 Å². The first-order valence-electron chi connectivity index (χ1n) is 11.1. The second kappa shape index (κ2) is 10.0. The van der Waals surface area contributed by atoms with Crippen LogP contribution in [0.5, 0.6) is 0 Å². The van der Waals surface area contributed by atoms with Gasteiger partial charge in [-0.15, -0.1) is 0 Å². The van der Waals surface area contributed by atoms with Crippen LogP contribution in [0.2, 0.25) is 10.0 Å². The molecule has 3 amide bonds. The third-order valence-corrected chi connectivity index (χ3v) is 7.02. The van der Waals surface area contributed by atoms with E-state index < -0.39 is 23.9 Å². The first-order valence-corrected chi connectivity index (χ1v) is 11.9. The van der Waals surface area contributed by atoms with E-state index in [2.05, 4.69) is 27.0 Å². The summed E-state index contributed by atoms with van der Waals surface area (Å²) in [5, 5.41) is 19.3. The third kappa shape index (κ3) is 5.60. The molecule has 0 bridgehead atoms. The molecule has 10 heteroatoms. The maximum Gasteiger partial charge on any atom is 0.268 e. The zero-order chi connectivity index (χ0) is 23.5. The van der Waals surface area contributed by atoms with E-state index in [0.717, 1.165) is 24.6 Å². The van der Waals surface area contributed by atoms with Crippen molar-refractivity contribution in [3.05, 3.63) is 33.9 Å². The van der Waals surface area contributed by atoms with Crippen molar-refractivity contribution >= 4 is 51.8 Å². The van der Waals surface area contributed by atoms with Gasteiger partial charge in [-0.1, -0.05) is 42.1 Å². The fraction of sp³-hybridized carbons (Fsp3) is 0.478. The zero-order valence-electron chi connectivity index (χ0n) is 17.9. The summed E-state index contributed by atoms with van der Waals surface area (Å²) in [4.78, 5) is 40.9. The van der Waals surface area contributed by atoms with Crippen LogP contribution >= 0.6 is 23.2 Å². The summed E-state index contributed by atoms with van der Waals surface area (Å²) in [6, 6.07) is 5.55. The summed E-state index contributed by atoms with van der Waals surface area (Å²) in [6.45, 7) is 0.638. The standard InChI is InChI=1S/C23H25Cl2N5O3/c24-16-6-5-13-10-18(29-20(13)19(16)25)23(33)30-17(8-12-3-4-12)22(32)28-15(11-26)9-14-2-1-7-27-21(14)31/h5-6,10,12,14-15,17,29H,1-4,7-9H2,(H,27,31)(H,28,32)(H,30,33)/t14-,15-,17-/m0/s1. The average Bonchev–Trinajstić information content (AvgIpc) is 3.51. The Labute approximate surface area is 201 Å². The number of carbonyl (C=O) groups is 3. The summed E-state index contributed by atoms with van der Waals surface area (Å²) in [6.07, 6.45) is 4.29. The number of halogens is 2. The van der Waals surface area contributed by atoms with Crippen LogP contribution in [0.3, 0.4) is 0 Å². The number of aromatic amines is 1. The number of nitrogens with one attached hydrogen (secondary N) is 4. The van der Waals surface area contributed by atoms with Crippen LogP contribution in [0.4, 0.5) is 0 Å². The minimum atomic E-state index is -0.807. The Hall–Kier alpha value is -2.76. The van der Waals surface area contributed by atoms with Gasteiger partial charge < -0.3 is 20.9 Å². The quantitative estimate of drug-likeness (QED) is 0.453. The molecule has 4 N–H and O–H groups in total. The van der Waals surface area contributed by atoms with E-state index in [1.807, 2.05) is 0 Å². The molecule has 1 aliphatic carbocycles. The van der Waals surface area contributed by atoms with Crippen molar-refractivity contribution < 1.29 is 14.4 Å². The molecule has 1 aliphatic heterocycles. The summed E-state index contributed by atoms with van der Waals surface area (Å²) in [5.41, 5.74) is 0.811. The lowest BCUT2D eigenvalue weighted by Crippen LogP contribution is -2.50. The number of carbonyl (C=O) groups excluding carboxylic acids is 3. The SMILES string of the molecule is N#C[C@H](C[C@@H]1CCCNC1=O)NC(=O)[C@H](CC1CC1)NC(=O)c1cc2ccc(Cl)c(Cl)c2[nH]1. The number of amides is 3. The molecule has 1 aromatic carbocycles. The monoisotopic (exact) mass is 489 g/mol. The Balaban J connectivity index is 1.44. The molecule has 2 aromatic rings. The van der Waals surface area contributed by atoms with Crippen molar-refractivity contribution in [3.8, 4) is 6.07 Å². The largest absolute Gasteiger partial charge is 0.356 e. The van der Waals surface area contributed by atoms with Crippen LogP contribution in [0.25, 0.3) is 10.9 Å². The Morgan fingerprint density at radius 2 is 1.97 bits per heavy atom. The smallest absolute Gasteiger partial charge is 0.268 e. The molecule has 0 unspecified atom stereocenters. The molecule has 4 rings (SSSR count). The lowest BCUT2D eigenvalue weighted by molar-refractivity contribution is -0.128. The average molecular weight is 490 g/mol. The predicted octanol–water partition coefficient (Wildman–Crippen LogP) is 3.30. The van der Waals surface area contributed by atoms with E-state index in [9.17, 15) is 19.6 Å². The maximum absolute atomic E-state index is 13.0. The van der Waals surface area contributed by atoms with Gasteiger partial charge in [0.15, 0.2) is 0 Å². The Morgan fingerprint density at radius 3 is 2.67 bits per heavy atom. The van der Waals surface area contributed by atoms with Gasteiger partial charge in [0.2, 0.25) is 11.8 Å². The number of hydrogen-bond acceptors (Lipinski definition) is 4. The molecule has 0 spiro atoms. The molecule has 0 radical (unpaired) electrons. The maximum atomic E-state index is 13.0. The van der Waals surface area contributed by atoms with E-state index in [4.69, 9.17) is 23.2 Å². The predicted molar refractivity (Wildman–Crippen MR) is 125 cm³/mol.